The normalized spacial score (nSPS) is 19.8. The van der Waals surface area contributed by atoms with Gasteiger partial charge in [-0.15, -0.1) is 0 Å². The Morgan fingerprint density at radius 3 is 2.23 bits per heavy atom. The number of rotatable bonds is 8. The van der Waals surface area contributed by atoms with Crippen LogP contribution in [0.2, 0.25) is 0 Å². The lowest BCUT2D eigenvalue weighted by molar-refractivity contribution is -0.156. The van der Waals surface area contributed by atoms with Gasteiger partial charge in [0, 0.05) is 12.5 Å². The minimum atomic E-state index is -1.25. The summed E-state index contributed by atoms with van der Waals surface area (Å²) in [6.07, 6.45) is 1.50. The lowest BCUT2D eigenvalue weighted by Gasteiger charge is -2.34. The average Bonchev–Trinajstić information content (AvgIpc) is 3.39. The zero-order chi connectivity index (χ0) is 25.2. The fraction of sp³-hybridized carbons (Fsp3) is 0.464. The number of ether oxygens (including phenoxy) is 1. The number of amides is 2. The molecular formula is C28H34N2O5. The van der Waals surface area contributed by atoms with Gasteiger partial charge in [-0.25, -0.2) is 9.59 Å². The molecule has 1 heterocycles. The summed E-state index contributed by atoms with van der Waals surface area (Å²) >= 11 is 0. The molecule has 2 aromatic carbocycles. The lowest BCUT2D eigenvalue weighted by Crippen LogP contribution is -2.57. The first-order valence-corrected chi connectivity index (χ1v) is 12.4. The predicted octanol–water partition coefficient (Wildman–Crippen LogP) is 4.80. The number of alkyl carbamates (subject to hydrolysis) is 1. The summed E-state index contributed by atoms with van der Waals surface area (Å²) in [5, 5.41) is 12.5. The Hall–Kier alpha value is -3.35. The van der Waals surface area contributed by atoms with Gasteiger partial charge < -0.3 is 20.1 Å². The third kappa shape index (κ3) is 4.90. The highest BCUT2D eigenvalue weighted by Crippen LogP contribution is 2.44. The summed E-state index contributed by atoms with van der Waals surface area (Å²) < 4.78 is 5.65. The molecular weight excluding hydrogens is 444 g/mol. The average molecular weight is 479 g/mol. The summed E-state index contributed by atoms with van der Waals surface area (Å²) in [4.78, 5) is 39.6. The molecule has 2 N–H and O–H groups in total. The third-order valence-corrected chi connectivity index (χ3v) is 7.33. The monoisotopic (exact) mass is 478 g/mol. The fourth-order valence-corrected chi connectivity index (χ4v) is 5.27. The van der Waals surface area contributed by atoms with E-state index in [-0.39, 0.29) is 18.4 Å². The molecule has 1 aliphatic carbocycles. The van der Waals surface area contributed by atoms with Crippen LogP contribution in [0.3, 0.4) is 0 Å². The zero-order valence-electron chi connectivity index (χ0n) is 20.6. The Morgan fingerprint density at radius 2 is 1.66 bits per heavy atom. The first kappa shape index (κ1) is 24.8. The van der Waals surface area contributed by atoms with Crippen LogP contribution in [-0.2, 0) is 14.3 Å². The Morgan fingerprint density at radius 1 is 1.06 bits per heavy atom. The second-order valence-corrected chi connectivity index (χ2v) is 10.2. The molecule has 0 bridgehead atoms. The number of nitrogens with zero attached hydrogens (tertiary/aromatic N) is 1. The van der Waals surface area contributed by atoms with Crippen molar-refractivity contribution < 1.29 is 24.2 Å². The summed E-state index contributed by atoms with van der Waals surface area (Å²) in [6, 6.07) is 15.4. The number of carbonyl (C=O) groups is 3. The van der Waals surface area contributed by atoms with Crippen molar-refractivity contribution in [3.05, 3.63) is 59.7 Å². The van der Waals surface area contributed by atoms with Crippen molar-refractivity contribution in [3.8, 4) is 11.1 Å². The Labute approximate surface area is 206 Å². The van der Waals surface area contributed by atoms with Gasteiger partial charge in [0.1, 0.15) is 18.2 Å². The van der Waals surface area contributed by atoms with Crippen molar-refractivity contribution in [3.63, 3.8) is 0 Å². The molecule has 4 rings (SSSR count). The standard InChI is InChI=1S/C28H34N2O5/c1-18(2)13-14-24(25(31)30-16-8-15-28(30,3)26(32)33)29-27(34)35-17-23-21-11-6-4-9-19(21)20-10-5-7-12-22(20)23/h4-7,9-12,18,23-24H,8,13-17H2,1-3H3,(H,29,34)(H,32,33)/t24?,28-/m0/s1. The molecule has 35 heavy (non-hydrogen) atoms. The van der Waals surface area contributed by atoms with E-state index < -0.39 is 23.6 Å². The first-order chi connectivity index (χ1) is 16.7. The molecule has 0 aromatic heterocycles. The van der Waals surface area contributed by atoms with Gasteiger partial charge in [-0.2, -0.15) is 0 Å². The quantitative estimate of drug-likeness (QED) is 0.568. The molecule has 2 aromatic rings. The van der Waals surface area contributed by atoms with Crippen LogP contribution >= 0.6 is 0 Å². The van der Waals surface area contributed by atoms with E-state index in [4.69, 9.17) is 4.74 Å². The molecule has 1 saturated heterocycles. The number of benzene rings is 2. The van der Waals surface area contributed by atoms with Crippen LogP contribution in [0.15, 0.2) is 48.5 Å². The second-order valence-electron chi connectivity index (χ2n) is 10.2. The fourth-order valence-electron chi connectivity index (χ4n) is 5.27. The van der Waals surface area contributed by atoms with Crippen molar-refractivity contribution >= 4 is 18.0 Å². The molecule has 0 radical (unpaired) electrons. The summed E-state index contributed by atoms with van der Waals surface area (Å²) in [6.45, 7) is 6.19. The van der Waals surface area contributed by atoms with Crippen molar-refractivity contribution in [2.24, 2.45) is 5.92 Å². The van der Waals surface area contributed by atoms with Crippen molar-refractivity contribution in [2.75, 3.05) is 13.2 Å². The maximum atomic E-state index is 13.4. The zero-order valence-corrected chi connectivity index (χ0v) is 20.6. The molecule has 1 fully saturated rings. The molecule has 7 nitrogen and oxygen atoms in total. The highest BCUT2D eigenvalue weighted by molar-refractivity contribution is 5.91. The first-order valence-electron chi connectivity index (χ1n) is 12.4. The van der Waals surface area contributed by atoms with Crippen molar-refractivity contribution in [1.29, 1.82) is 0 Å². The van der Waals surface area contributed by atoms with Gasteiger partial charge in [0.25, 0.3) is 0 Å². The molecule has 2 aliphatic rings. The number of hydrogen-bond donors (Lipinski definition) is 2. The molecule has 0 spiro atoms. The summed E-state index contributed by atoms with van der Waals surface area (Å²) in [5.41, 5.74) is 3.26. The minimum Gasteiger partial charge on any atom is -0.480 e. The van der Waals surface area contributed by atoms with E-state index in [0.717, 1.165) is 28.7 Å². The van der Waals surface area contributed by atoms with E-state index in [1.807, 2.05) is 38.1 Å². The van der Waals surface area contributed by atoms with Gasteiger partial charge in [0.05, 0.1) is 0 Å². The number of carbonyl (C=O) groups excluding carboxylic acids is 2. The van der Waals surface area contributed by atoms with Gasteiger partial charge in [-0.3, -0.25) is 4.79 Å². The number of aliphatic carboxylic acids is 1. The van der Waals surface area contributed by atoms with Crippen LogP contribution in [0.5, 0.6) is 0 Å². The number of fused-ring (bicyclic) bond motifs is 3. The van der Waals surface area contributed by atoms with Gasteiger partial charge in [-0.05, 0) is 60.8 Å². The molecule has 7 heteroatoms. The van der Waals surface area contributed by atoms with Gasteiger partial charge in [0.15, 0.2) is 0 Å². The molecule has 0 saturated carbocycles. The van der Waals surface area contributed by atoms with Crippen LogP contribution in [0.4, 0.5) is 4.79 Å². The Kier molecular flexibility index (Phi) is 7.15. The number of carboxylic acid groups (broad SMARTS) is 1. The number of carboxylic acids is 1. The molecule has 2 atom stereocenters. The highest BCUT2D eigenvalue weighted by atomic mass is 16.5. The highest BCUT2D eigenvalue weighted by Gasteiger charge is 2.47. The van der Waals surface area contributed by atoms with Crippen LogP contribution in [0.25, 0.3) is 11.1 Å². The summed E-state index contributed by atoms with van der Waals surface area (Å²) in [5.74, 6) is -1.13. The smallest absolute Gasteiger partial charge is 0.407 e. The van der Waals surface area contributed by atoms with Gasteiger partial charge >= 0.3 is 12.1 Å². The lowest BCUT2D eigenvalue weighted by atomic mass is 9.97. The third-order valence-electron chi connectivity index (χ3n) is 7.33. The number of hydrogen-bond acceptors (Lipinski definition) is 4. The van der Waals surface area contributed by atoms with Crippen LogP contribution in [0.1, 0.15) is 63.5 Å². The van der Waals surface area contributed by atoms with E-state index in [2.05, 4.69) is 29.6 Å². The SMILES string of the molecule is CC(C)CCC(NC(=O)OCC1c2ccccc2-c2ccccc21)C(=O)N1CCC[C@@]1(C)C(=O)O. The van der Waals surface area contributed by atoms with E-state index in [1.54, 1.807) is 6.92 Å². The largest absolute Gasteiger partial charge is 0.480 e. The molecule has 2 amide bonds. The molecule has 1 unspecified atom stereocenters. The minimum absolute atomic E-state index is 0.0770. The maximum absolute atomic E-state index is 13.4. The Bertz CT molecular complexity index is 1070. The summed E-state index contributed by atoms with van der Waals surface area (Å²) in [7, 11) is 0. The van der Waals surface area contributed by atoms with Crippen molar-refractivity contribution in [1.82, 2.24) is 10.2 Å². The predicted molar refractivity (Wildman–Crippen MR) is 133 cm³/mol. The van der Waals surface area contributed by atoms with Gasteiger partial charge in [0.2, 0.25) is 5.91 Å². The number of nitrogens with one attached hydrogen (secondary N) is 1. The van der Waals surface area contributed by atoms with Crippen molar-refractivity contribution in [2.45, 2.75) is 64.0 Å². The molecule has 186 valence electrons. The van der Waals surface area contributed by atoms with E-state index in [1.165, 1.54) is 4.90 Å². The maximum Gasteiger partial charge on any atom is 0.407 e. The van der Waals surface area contributed by atoms with Crippen LogP contribution in [0, 0.1) is 5.92 Å². The molecule has 1 aliphatic heterocycles. The van der Waals surface area contributed by atoms with Crippen LogP contribution in [-0.4, -0.2) is 52.7 Å². The van der Waals surface area contributed by atoms with E-state index >= 15 is 0 Å². The van der Waals surface area contributed by atoms with E-state index in [0.29, 0.717) is 31.7 Å². The van der Waals surface area contributed by atoms with E-state index in [9.17, 15) is 19.5 Å². The Balaban J connectivity index is 1.46. The number of likely N-dealkylation sites (tertiary alicyclic amines) is 1. The second kappa shape index (κ2) is 10.1. The topological polar surface area (TPSA) is 95.9 Å². The van der Waals surface area contributed by atoms with Crippen LogP contribution < -0.4 is 5.32 Å². The van der Waals surface area contributed by atoms with Gasteiger partial charge in [-0.1, -0.05) is 62.4 Å².